The highest BCUT2D eigenvalue weighted by atomic mass is 16.5. The van der Waals surface area contributed by atoms with E-state index in [9.17, 15) is 4.79 Å². The molecule has 4 heteroatoms. The monoisotopic (exact) mass is 317 g/mol. The van der Waals surface area contributed by atoms with Gasteiger partial charge in [-0.25, -0.2) is 0 Å². The Morgan fingerprint density at radius 3 is 2.87 bits per heavy atom. The molecule has 0 spiro atoms. The van der Waals surface area contributed by atoms with Crippen molar-refractivity contribution in [1.82, 2.24) is 5.32 Å². The largest absolute Gasteiger partial charge is 0.496 e. The number of carbonyl (C=O) groups is 1. The zero-order chi connectivity index (χ0) is 16.5. The molecule has 0 aliphatic heterocycles. The topological polar surface area (TPSA) is 47.6 Å². The number of allylic oxidation sites excluding steroid dienone is 1. The Labute approximate surface area is 138 Å². The number of carbonyl (C=O) groups excluding carboxylic acids is 1. The fourth-order valence-corrected chi connectivity index (χ4v) is 2.81. The Morgan fingerprint density at radius 1 is 1.30 bits per heavy atom. The smallest absolute Gasteiger partial charge is 0.251 e. The normalized spacial score (nSPS) is 14.3. The summed E-state index contributed by atoms with van der Waals surface area (Å²) < 4.78 is 10.8. The standard InChI is InChI=1S/C19H27NO3/c1-3-23-14-17-13-16(9-10-18(17)22-2)19(21)20-12-11-15-7-5-4-6-8-15/h7,9-10,13H,3-6,8,11-12,14H2,1-2H3,(H,20,21). The van der Waals surface area contributed by atoms with E-state index in [0.29, 0.717) is 25.3 Å². The van der Waals surface area contributed by atoms with Gasteiger partial charge in [0.15, 0.2) is 0 Å². The maximum absolute atomic E-state index is 12.3. The van der Waals surface area contributed by atoms with Gasteiger partial charge in [0.1, 0.15) is 5.75 Å². The molecule has 1 aliphatic rings. The van der Waals surface area contributed by atoms with Crippen molar-refractivity contribution in [3.05, 3.63) is 41.0 Å². The Bertz CT molecular complexity index is 552. The van der Waals surface area contributed by atoms with E-state index in [2.05, 4.69) is 11.4 Å². The van der Waals surface area contributed by atoms with Gasteiger partial charge in [-0.1, -0.05) is 11.6 Å². The third kappa shape index (κ3) is 5.39. The van der Waals surface area contributed by atoms with Crippen molar-refractivity contribution in [1.29, 1.82) is 0 Å². The van der Waals surface area contributed by atoms with Gasteiger partial charge in [-0.05, 0) is 57.2 Å². The molecule has 0 fully saturated rings. The number of hydrogen-bond acceptors (Lipinski definition) is 3. The lowest BCUT2D eigenvalue weighted by Crippen LogP contribution is -2.25. The van der Waals surface area contributed by atoms with Crippen LogP contribution >= 0.6 is 0 Å². The molecule has 4 nitrogen and oxygen atoms in total. The fourth-order valence-electron chi connectivity index (χ4n) is 2.81. The maximum atomic E-state index is 12.3. The van der Waals surface area contributed by atoms with Crippen LogP contribution < -0.4 is 10.1 Å². The average molecular weight is 317 g/mol. The average Bonchev–Trinajstić information content (AvgIpc) is 2.60. The predicted octanol–water partition coefficient (Wildman–Crippen LogP) is 3.85. The number of ether oxygens (including phenoxy) is 2. The first kappa shape index (κ1) is 17.5. The molecule has 2 rings (SSSR count). The number of amides is 1. The molecule has 126 valence electrons. The molecule has 1 amide bonds. The molecule has 1 aliphatic carbocycles. The second kappa shape index (κ2) is 9.36. The van der Waals surface area contributed by atoms with Crippen molar-refractivity contribution in [2.75, 3.05) is 20.3 Å². The molecule has 0 radical (unpaired) electrons. The highest BCUT2D eigenvalue weighted by Gasteiger charge is 2.11. The quantitative estimate of drug-likeness (QED) is 0.741. The Hall–Kier alpha value is -1.81. The van der Waals surface area contributed by atoms with Gasteiger partial charge < -0.3 is 14.8 Å². The molecule has 1 N–H and O–H groups in total. The Balaban J connectivity index is 1.91. The second-order valence-corrected chi connectivity index (χ2v) is 5.78. The van der Waals surface area contributed by atoms with Crippen LogP contribution in [0.4, 0.5) is 0 Å². The van der Waals surface area contributed by atoms with Gasteiger partial charge in [-0.3, -0.25) is 4.79 Å². The van der Waals surface area contributed by atoms with Gasteiger partial charge in [-0.2, -0.15) is 0 Å². The van der Waals surface area contributed by atoms with Gasteiger partial charge in [0, 0.05) is 24.3 Å². The molecule has 0 saturated carbocycles. The summed E-state index contributed by atoms with van der Waals surface area (Å²) in [5.74, 6) is 0.712. The zero-order valence-electron chi connectivity index (χ0n) is 14.2. The first-order valence-corrected chi connectivity index (χ1v) is 8.45. The number of methoxy groups -OCH3 is 1. The van der Waals surface area contributed by atoms with Crippen LogP contribution in [0.3, 0.4) is 0 Å². The lowest BCUT2D eigenvalue weighted by molar-refractivity contribution is 0.0953. The molecule has 23 heavy (non-hydrogen) atoms. The number of nitrogens with one attached hydrogen (secondary N) is 1. The van der Waals surface area contributed by atoms with Gasteiger partial charge >= 0.3 is 0 Å². The molecular weight excluding hydrogens is 290 g/mol. The Kier molecular flexibility index (Phi) is 7.14. The second-order valence-electron chi connectivity index (χ2n) is 5.78. The highest BCUT2D eigenvalue weighted by molar-refractivity contribution is 5.94. The van der Waals surface area contributed by atoms with E-state index in [0.717, 1.165) is 17.7 Å². The highest BCUT2D eigenvalue weighted by Crippen LogP contribution is 2.21. The summed E-state index contributed by atoms with van der Waals surface area (Å²) in [5.41, 5.74) is 3.03. The third-order valence-electron chi connectivity index (χ3n) is 4.12. The van der Waals surface area contributed by atoms with E-state index in [1.807, 2.05) is 19.1 Å². The van der Waals surface area contributed by atoms with Crippen molar-refractivity contribution < 1.29 is 14.3 Å². The molecule has 0 unspecified atom stereocenters. The zero-order valence-corrected chi connectivity index (χ0v) is 14.2. The van der Waals surface area contributed by atoms with Crippen LogP contribution in [0.15, 0.2) is 29.8 Å². The molecule has 0 heterocycles. The number of benzene rings is 1. The minimum absolute atomic E-state index is 0.0400. The van der Waals surface area contributed by atoms with Crippen molar-refractivity contribution in [3.8, 4) is 5.75 Å². The first-order valence-electron chi connectivity index (χ1n) is 8.45. The number of hydrogen-bond donors (Lipinski definition) is 1. The van der Waals surface area contributed by atoms with Crippen LogP contribution in [-0.2, 0) is 11.3 Å². The lowest BCUT2D eigenvalue weighted by atomic mass is 9.97. The Morgan fingerprint density at radius 2 is 2.17 bits per heavy atom. The van der Waals surface area contributed by atoms with E-state index in [4.69, 9.17) is 9.47 Å². The van der Waals surface area contributed by atoms with Gasteiger partial charge in [0.25, 0.3) is 5.91 Å². The van der Waals surface area contributed by atoms with E-state index >= 15 is 0 Å². The van der Waals surface area contributed by atoms with Crippen molar-refractivity contribution in [2.24, 2.45) is 0 Å². The van der Waals surface area contributed by atoms with Gasteiger partial charge in [0.05, 0.1) is 13.7 Å². The molecule has 0 aromatic heterocycles. The maximum Gasteiger partial charge on any atom is 0.251 e. The van der Waals surface area contributed by atoms with Crippen LogP contribution in [-0.4, -0.2) is 26.2 Å². The first-order chi connectivity index (χ1) is 11.2. The van der Waals surface area contributed by atoms with Crippen LogP contribution in [0.25, 0.3) is 0 Å². The third-order valence-corrected chi connectivity index (χ3v) is 4.12. The summed E-state index contributed by atoms with van der Waals surface area (Å²) in [4.78, 5) is 12.3. The van der Waals surface area contributed by atoms with Crippen molar-refractivity contribution >= 4 is 5.91 Å². The number of rotatable bonds is 8. The molecule has 1 aromatic rings. The summed E-state index contributed by atoms with van der Waals surface area (Å²) in [5, 5.41) is 3.01. The summed E-state index contributed by atoms with van der Waals surface area (Å²) in [6, 6.07) is 5.47. The summed E-state index contributed by atoms with van der Waals surface area (Å²) >= 11 is 0. The predicted molar refractivity (Wildman–Crippen MR) is 91.8 cm³/mol. The minimum Gasteiger partial charge on any atom is -0.496 e. The van der Waals surface area contributed by atoms with Crippen LogP contribution in [0.5, 0.6) is 5.75 Å². The van der Waals surface area contributed by atoms with E-state index in [1.165, 1.54) is 31.3 Å². The van der Waals surface area contributed by atoms with Gasteiger partial charge in [0.2, 0.25) is 0 Å². The van der Waals surface area contributed by atoms with E-state index < -0.39 is 0 Å². The molecule has 0 bridgehead atoms. The van der Waals surface area contributed by atoms with E-state index in [-0.39, 0.29) is 5.91 Å². The van der Waals surface area contributed by atoms with E-state index in [1.54, 1.807) is 13.2 Å². The molecule has 1 aromatic carbocycles. The lowest BCUT2D eigenvalue weighted by Gasteiger charge is -2.14. The van der Waals surface area contributed by atoms with Crippen LogP contribution in [0.2, 0.25) is 0 Å². The van der Waals surface area contributed by atoms with Gasteiger partial charge in [-0.15, -0.1) is 0 Å². The summed E-state index contributed by atoms with van der Waals surface area (Å²) in [6.45, 7) is 3.73. The summed E-state index contributed by atoms with van der Waals surface area (Å²) in [7, 11) is 1.63. The van der Waals surface area contributed by atoms with Crippen molar-refractivity contribution in [2.45, 2.75) is 45.6 Å². The van der Waals surface area contributed by atoms with Crippen LogP contribution in [0, 0.1) is 0 Å². The molecule has 0 atom stereocenters. The minimum atomic E-state index is -0.0400. The SMILES string of the molecule is CCOCc1cc(C(=O)NCCC2=CCCCC2)ccc1OC. The summed E-state index contributed by atoms with van der Waals surface area (Å²) in [6.07, 6.45) is 8.21. The molecular formula is C19H27NO3. The van der Waals surface area contributed by atoms with Crippen LogP contribution in [0.1, 0.15) is 54.9 Å². The molecule has 0 saturated heterocycles. The fraction of sp³-hybridized carbons (Fsp3) is 0.526. The van der Waals surface area contributed by atoms with Crippen molar-refractivity contribution in [3.63, 3.8) is 0 Å².